The molecule has 5 nitrogen and oxygen atoms in total. The summed E-state index contributed by atoms with van der Waals surface area (Å²) in [7, 11) is 0. The Balaban J connectivity index is 4.17. The number of unbranched alkanes of at least 4 members (excludes halogenated alkanes) is 35. The minimum absolute atomic E-state index is 0.0882. The van der Waals surface area contributed by atoms with Gasteiger partial charge in [-0.15, -0.1) is 0 Å². The van der Waals surface area contributed by atoms with E-state index >= 15 is 0 Å². The maximum Gasteiger partial charge on any atom is 0.306 e. The molecule has 0 saturated carbocycles. The summed E-state index contributed by atoms with van der Waals surface area (Å²) < 4.78 is 17.4. The molecule has 0 heterocycles. The van der Waals surface area contributed by atoms with Crippen LogP contribution in [0.2, 0.25) is 0 Å². The lowest BCUT2D eigenvalue weighted by Crippen LogP contribution is -2.30. The predicted molar refractivity (Wildman–Crippen MR) is 261 cm³/mol. The van der Waals surface area contributed by atoms with E-state index in [4.69, 9.17) is 14.2 Å². The number of carbonyl (C=O) groups is 2. The van der Waals surface area contributed by atoms with E-state index in [0.717, 1.165) is 38.5 Å². The minimum Gasteiger partial charge on any atom is -0.462 e. The molecule has 354 valence electrons. The fourth-order valence-electron chi connectivity index (χ4n) is 7.91. The van der Waals surface area contributed by atoms with E-state index < -0.39 is 6.10 Å². The third-order valence-electron chi connectivity index (χ3n) is 12.0. The lowest BCUT2D eigenvalue weighted by molar-refractivity contribution is -0.163. The molecule has 0 aromatic heterocycles. The van der Waals surface area contributed by atoms with Crippen molar-refractivity contribution in [2.75, 3.05) is 19.8 Å². The quantitative estimate of drug-likeness (QED) is 0.0347. The molecular formula is C55H104O5. The van der Waals surface area contributed by atoms with Crippen LogP contribution in [0.3, 0.4) is 0 Å². The number of allylic oxidation sites excluding steroid dienone is 4. The van der Waals surface area contributed by atoms with Crippen LogP contribution in [0.5, 0.6) is 0 Å². The van der Waals surface area contributed by atoms with Crippen LogP contribution in [0.4, 0.5) is 0 Å². The third kappa shape index (κ3) is 49.0. The SMILES string of the molecule is CCCCCC/C=C\CCCCCCCCOCC(COC(=O)CCCCCCCCCCC/C=C\CCCCCCCC)OC(=O)CCCCCCCCCCCCC. The monoisotopic (exact) mass is 845 g/mol. The second-order valence-corrected chi connectivity index (χ2v) is 18.1. The van der Waals surface area contributed by atoms with Crippen LogP contribution in [-0.2, 0) is 23.8 Å². The number of hydrogen-bond acceptors (Lipinski definition) is 5. The Morgan fingerprint density at radius 3 is 1.03 bits per heavy atom. The number of rotatable bonds is 50. The summed E-state index contributed by atoms with van der Waals surface area (Å²) in [6.07, 6.45) is 60.4. The summed E-state index contributed by atoms with van der Waals surface area (Å²) >= 11 is 0. The minimum atomic E-state index is -0.532. The van der Waals surface area contributed by atoms with Crippen LogP contribution in [0.15, 0.2) is 24.3 Å². The van der Waals surface area contributed by atoms with Gasteiger partial charge in [0.2, 0.25) is 0 Å². The van der Waals surface area contributed by atoms with Crippen molar-refractivity contribution in [3.05, 3.63) is 24.3 Å². The number of hydrogen-bond donors (Lipinski definition) is 0. The first-order valence-electron chi connectivity index (χ1n) is 26.9. The molecule has 0 aliphatic rings. The Labute approximate surface area is 375 Å². The van der Waals surface area contributed by atoms with E-state index in [1.807, 2.05) is 0 Å². The van der Waals surface area contributed by atoms with Gasteiger partial charge in [-0.2, -0.15) is 0 Å². The van der Waals surface area contributed by atoms with Crippen LogP contribution in [0, 0.1) is 0 Å². The molecule has 1 unspecified atom stereocenters. The Bertz CT molecular complexity index is 913. The van der Waals surface area contributed by atoms with E-state index in [-0.39, 0.29) is 25.2 Å². The molecule has 0 bridgehead atoms. The molecule has 0 aromatic rings. The molecule has 60 heavy (non-hydrogen) atoms. The first-order valence-corrected chi connectivity index (χ1v) is 26.9. The van der Waals surface area contributed by atoms with Gasteiger partial charge >= 0.3 is 11.9 Å². The van der Waals surface area contributed by atoms with Crippen LogP contribution < -0.4 is 0 Å². The average Bonchev–Trinajstić information content (AvgIpc) is 3.25. The van der Waals surface area contributed by atoms with Crippen LogP contribution >= 0.6 is 0 Å². The van der Waals surface area contributed by atoms with Gasteiger partial charge in [-0.25, -0.2) is 0 Å². The second-order valence-electron chi connectivity index (χ2n) is 18.1. The fraction of sp³-hybridized carbons (Fsp3) is 0.891. The normalized spacial score (nSPS) is 12.2. The highest BCUT2D eigenvalue weighted by atomic mass is 16.6. The molecule has 0 fully saturated rings. The molecule has 0 rings (SSSR count). The van der Waals surface area contributed by atoms with Crippen molar-refractivity contribution in [1.29, 1.82) is 0 Å². The summed E-state index contributed by atoms with van der Waals surface area (Å²) in [5.41, 5.74) is 0. The zero-order valence-electron chi connectivity index (χ0n) is 40.7. The van der Waals surface area contributed by atoms with Crippen molar-refractivity contribution in [2.24, 2.45) is 0 Å². The van der Waals surface area contributed by atoms with Gasteiger partial charge < -0.3 is 14.2 Å². The van der Waals surface area contributed by atoms with Gasteiger partial charge in [0, 0.05) is 19.4 Å². The molecular weight excluding hydrogens is 741 g/mol. The molecule has 0 aliphatic carbocycles. The molecule has 0 radical (unpaired) electrons. The zero-order chi connectivity index (χ0) is 43.5. The Kier molecular flexibility index (Phi) is 50.3. The van der Waals surface area contributed by atoms with Crippen LogP contribution in [0.25, 0.3) is 0 Å². The largest absolute Gasteiger partial charge is 0.462 e. The van der Waals surface area contributed by atoms with Gasteiger partial charge in [-0.1, -0.05) is 231 Å². The Morgan fingerprint density at radius 1 is 0.350 bits per heavy atom. The van der Waals surface area contributed by atoms with E-state index in [1.54, 1.807) is 0 Å². The van der Waals surface area contributed by atoms with Crippen molar-refractivity contribution in [2.45, 2.75) is 297 Å². The summed E-state index contributed by atoms with van der Waals surface area (Å²) in [6.45, 7) is 7.84. The van der Waals surface area contributed by atoms with Crippen LogP contribution in [-0.4, -0.2) is 37.9 Å². The number of carbonyl (C=O) groups excluding carboxylic acids is 2. The van der Waals surface area contributed by atoms with Crippen molar-refractivity contribution in [3.63, 3.8) is 0 Å². The van der Waals surface area contributed by atoms with Gasteiger partial charge in [0.05, 0.1) is 6.61 Å². The van der Waals surface area contributed by atoms with Gasteiger partial charge in [0.1, 0.15) is 6.61 Å². The van der Waals surface area contributed by atoms with E-state index in [2.05, 4.69) is 45.1 Å². The maximum atomic E-state index is 12.8. The summed E-state index contributed by atoms with van der Waals surface area (Å²) in [5, 5.41) is 0. The van der Waals surface area contributed by atoms with Crippen LogP contribution in [0.1, 0.15) is 290 Å². The highest BCUT2D eigenvalue weighted by molar-refractivity contribution is 5.70. The summed E-state index contributed by atoms with van der Waals surface area (Å²) in [4.78, 5) is 25.4. The molecule has 0 amide bonds. The second kappa shape index (κ2) is 51.7. The van der Waals surface area contributed by atoms with Gasteiger partial charge in [-0.05, 0) is 70.6 Å². The fourth-order valence-corrected chi connectivity index (χ4v) is 7.91. The lowest BCUT2D eigenvalue weighted by Gasteiger charge is -2.18. The first-order chi connectivity index (χ1) is 29.6. The number of esters is 2. The first kappa shape index (κ1) is 58.4. The van der Waals surface area contributed by atoms with Gasteiger partial charge in [0.15, 0.2) is 6.10 Å². The maximum absolute atomic E-state index is 12.8. The molecule has 5 heteroatoms. The van der Waals surface area contributed by atoms with Crippen molar-refractivity contribution < 1.29 is 23.8 Å². The van der Waals surface area contributed by atoms with E-state index in [1.165, 1.54) is 218 Å². The van der Waals surface area contributed by atoms with Gasteiger partial charge in [0.25, 0.3) is 0 Å². The molecule has 0 N–H and O–H groups in total. The highest BCUT2D eigenvalue weighted by Gasteiger charge is 2.17. The Morgan fingerprint density at radius 2 is 0.650 bits per heavy atom. The van der Waals surface area contributed by atoms with E-state index in [9.17, 15) is 9.59 Å². The summed E-state index contributed by atoms with van der Waals surface area (Å²) in [6, 6.07) is 0. The zero-order valence-corrected chi connectivity index (χ0v) is 40.7. The third-order valence-corrected chi connectivity index (χ3v) is 12.0. The number of ether oxygens (including phenoxy) is 3. The lowest BCUT2D eigenvalue weighted by atomic mass is 10.1. The Hall–Kier alpha value is -1.62. The van der Waals surface area contributed by atoms with Crippen molar-refractivity contribution in [3.8, 4) is 0 Å². The predicted octanol–water partition coefficient (Wildman–Crippen LogP) is 18.0. The van der Waals surface area contributed by atoms with Gasteiger partial charge in [-0.3, -0.25) is 9.59 Å². The van der Waals surface area contributed by atoms with Crippen molar-refractivity contribution >= 4 is 11.9 Å². The van der Waals surface area contributed by atoms with Crippen molar-refractivity contribution in [1.82, 2.24) is 0 Å². The smallest absolute Gasteiger partial charge is 0.306 e. The topological polar surface area (TPSA) is 61.8 Å². The molecule has 0 aromatic carbocycles. The molecule has 0 aliphatic heterocycles. The van der Waals surface area contributed by atoms with E-state index in [0.29, 0.717) is 19.4 Å². The molecule has 0 saturated heterocycles. The average molecular weight is 845 g/mol. The standard InChI is InChI=1S/C55H104O5/c1-4-7-10-13-16-19-22-24-26-27-28-29-30-31-34-36-39-42-45-48-54(56)59-52-53(60-55(57)49-46-43-40-37-33-21-18-15-12-9-6-3)51-58-50-47-44-41-38-35-32-25-23-20-17-14-11-8-5-2/h20,23-24,26,53H,4-19,21-22,25,27-52H2,1-3H3/b23-20-,26-24-. The molecule has 1 atom stereocenters. The summed E-state index contributed by atoms with van der Waals surface area (Å²) in [5.74, 6) is -0.387. The molecule has 0 spiro atoms. The highest BCUT2D eigenvalue weighted by Crippen LogP contribution is 2.15.